The normalized spacial score (nSPS) is 20.2. The standard InChI is InChI=1S/C28H22N2O2/c1-15-9-17(3)25-19(11-15)5-7-29-23(25)13-21(27(29)31)22-14-24-26-18(4)10-16(2)12-20(26)6-8-30(24)28(22)32/h5-14H,1-4H3/b22-21+. The first-order valence-electron chi connectivity index (χ1n) is 10.8. The van der Waals surface area contributed by atoms with Gasteiger partial charge in [0.05, 0.1) is 22.5 Å². The van der Waals surface area contributed by atoms with Crippen LogP contribution in [-0.2, 0) is 9.59 Å². The topological polar surface area (TPSA) is 40.6 Å². The summed E-state index contributed by atoms with van der Waals surface area (Å²) < 4.78 is 0. The molecule has 0 aliphatic carbocycles. The zero-order chi connectivity index (χ0) is 22.3. The molecule has 0 atom stereocenters. The predicted octanol–water partition coefficient (Wildman–Crippen LogP) is 5.25. The van der Waals surface area contributed by atoms with Crippen molar-refractivity contribution >= 4 is 35.4 Å². The van der Waals surface area contributed by atoms with Gasteiger partial charge in [0.1, 0.15) is 0 Å². The van der Waals surface area contributed by atoms with Crippen molar-refractivity contribution in [2.24, 2.45) is 0 Å². The Kier molecular flexibility index (Phi) is 3.70. The molecule has 32 heavy (non-hydrogen) atoms. The smallest absolute Gasteiger partial charge is 0.263 e. The van der Waals surface area contributed by atoms with Crippen molar-refractivity contribution in [1.29, 1.82) is 0 Å². The van der Waals surface area contributed by atoms with E-state index in [9.17, 15) is 9.59 Å². The van der Waals surface area contributed by atoms with Gasteiger partial charge in [-0.15, -0.1) is 0 Å². The summed E-state index contributed by atoms with van der Waals surface area (Å²) in [5.41, 5.74) is 11.5. The Balaban J connectivity index is 1.54. The first-order valence-corrected chi connectivity index (χ1v) is 10.8. The number of rotatable bonds is 0. The molecule has 4 nitrogen and oxygen atoms in total. The van der Waals surface area contributed by atoms with Gasteiger partial charge in [-0.25, -0.2) is 0 Å². The second kappa shape index (κ2) is 6.30. The maximum absolute atomic E-state index is 13.4. The second-order valence-corrected chi connectivity index (χ2v) is 8.96. The number of benzene rings is 2. The van der Waals surface area contributed by atoms with Crippen LogP contribution < -0.4 is 0 Å². The molecule has 0 aromatic heterocycles. The lowest BCUT2D eigenvalue weighted by atomic mass is 9.94. The summed E-state index contributed by atoms with van der Waals surface area (Å²) in [5, 5.41) is 0. The van der Waals surface area contributed by atoms with Crippen molar-refractivity contribution in [2.45, 2.75) is 27.7 Å². The largest absolute Gasteiger partial charge is 0.283 e. The Bertz CT molecular complexity index is 1340. The number of carbonyl (C=O) groups excluding carboxylic acids is 2. The van der Waals surface area contributed by atoms with Gasteiger partial charge in [0.15, 0.2) is 0 Å². The van der Waals surface area contributed by atoms with Crippen LogP contribution in [0.2, 0.25) is 0 Å². The monoisotopic (exact) mass is 418 g/mol. The van der Waals surface area contributed by atoms with E-state index in [-0.39, 0.29) is 11.8 Å². The van der Waals surface area contributed by atoms with E-state index in [0.717, 1.165) is 44.8 Å². The molecule has 2 amide bonds. The minimum Gasteiger partial charge on any atom is -0.283 e. The van der Waals surface area contributed by atoms with E-state index >= 15 is 0 Å². The Morgan fingerprint density at radius 2 is 1.00 bits per heavy atom. The average molecular weight is 418 g/mol. The van der Waals surface area contributed by atoms with Gasteiger partial charge in [-0.2, -0.15) is 0 Å². The molecule has 156 valence electrons. The third-order valence-corrected chi connectivity index (χ3v) is 6.61. The summed E-state index contributed by atoms with van der Waals surface area (Å²) >= 11 is 0. The molecule has 0 saturated carbocycles. The fourth-order valence-electron chi connectivity index (χ4n) is 5.35. The van der Waals surface area contributed by atoms with Crippen LogP contribution >= 0.6 is 0 Å². The van der Waals surface area contributed by atoms with E-state index in [1.165, 1.54) is 11.1 Å². The molecule has 0 spiro atoms. The van der Waals surface area contributed by atoms with Crippen LogP contribution in [0, 0.1) is 27.7 Å². The van der Waals surface area contributed by atoms with Crippen molar-refractivity contribution < 1.29 is 9.59 Å². The molecule has 0 saturated heterocycles. The van der Waals surface area contributed by atoms with Crippen molar-refractivity contribution in [3.8, 4) is 0 Å². The minimum absolute atomic E-state index is 0.160. The van der Waals surface area contributed by atoms with Gasteiger partial charge < -0.3 is 0 Å². The molecule has 0 unspecified atom stereocenters. The van der Waals surface area contributed by atoms with E-state index in [2.05, 4.69) is 52.0 Å². The lowest BCUT2D eigenvalue weighted by Gasteiger charge is -2.24. The maximum atomic E-state index is 13.4. The number of amides is 2. The summed E-state index contributed by atoms with van der Waals surface area (Å²) in [6.07, 6.45) is 11.3. The fraction of sp³-hybridized carbons (Fsp3) is 0.143. The molecule has 0 N–H and O–H groups in total. The highest BCUT2D eigenvalue weighted by Crippen LogP contribution is 2.43. The number of fused-ring (bicyclic) bond motifs is 6. The molecule has 0 radical (unpaired) electrons. The van der Waals surface area contributed by atoms with Crippen LogP contribution in [0.25, 0.3) is 23.5 Å². The van der Waals surface area contributed by atoms with Crippen molar-refractivity contribution in [3.05, 3.63) is 104 Å². The zero-order valence-electron chi connectivity index (χ0n) is 18.5. The van der Waals surface area contributed by atoms with Crippen LogP contribution in [0.15, 0.2) is 60.0 Å². The summed E-state index contributed by atoms with van der Waals surface area (Å²) in [6.45, 7) is 8.27. The summed E-state index contributed by atoms with van der Waals surface area (Å²) in [5.74, 6) is -0.321. The highest BCUT2D eigenvalue weighted by atomic mass is 16.2. The first-order chi connectivity index (χ1) is 15.3. The van der Waals surface area contributed by atoms with Gasteiger partial charge in [0.2, 0.25) is 0 Å². The van der Waals surface area contributed by atoms with Crippen LogP contribution in [-0.4, -0.2) is 21.6 Å². The van der Waals surface area contributed by atoms with Crippen LogP contribution in [0.1, 0.15) is 44.5 Å². The van der Waals surface area contributed by atoms with Gasteiger partial charge in [-0.05, 0) is 74.3 Å². The first kappa shape index (κ1) is 18.8. The highest BCUT2D eigenvalue weighted by molar-refractivity contribution is 6.20. The highest BCUT2D eigenvalue weighted by Gasteiger charge is 2.39. The molecule has 2 aromatic carbocycles. The molecule has 0 fully saturated rings. The lowest BCUT2D eigenvalue weighted by molar-refractivity contribution is -0.123. The van der Waals surface area contributed by atoms with Crippen molar-refractivity contribution in [2.75, 3.05) is 0 Å². The molecular weight excluding hydrogens is 396 g/mol. The molecule has 4 aliphatic heterocycles. The van der Waals surface area contributed by atoms with E-state index in [4.69, 9.17) is 0 Å². The fourth-order valence-corrected chi connectivity index (χ4v) is 5.35. The van der Waals surface area contributed by atoms with E-state index in [1.807, 2.05) is 36.7 Å². The Hall–Kier alpha value is -3.92. The SMILES string of the molecule is Cc1cc(C)c2c(c1)C=CN1C(=O)/C(=C3\C=C4c5c(C)cc(C)cc5C=CN4C3=O)C=C21. The predicted molar refractivity (Wildman–Crippen MR) is 127 cm³/mol. The van der Waals surface area contributed by atoms with Crippen LogP contribution in [0.4, 0.5) is 0 Å². The minimum atomic E-state index is -0.160. The van der Waals surface area contributed by atoms with Gasteiger partial charge in [0.25, 0.3) is 11.8 Å². The Labute approximate surface area is 187 Å². The molecule has 4 heterocycles. The molecule has 2 aromatic rings. The quantitative estimate of drug-likeness (QED) is 0.548. The van der Waals surface area contributed by atoms with Crippen LogP contribution in [0.5, 0.6) is 0 Å². The lowest BCUT2D eigenvalue weighted by Crippen LogP contribution is -2.25. The number of carbonyl (C=O) groups is 2. The summed E-state index contributed by atoms with van der Waals surface area (Å²) in [6, 6.07) is 8.51. The molecule has 6 rings (SSSR count). The molecule has 4 aliphatic rings. The average Bonchev–Trinajstić information content (AvgIpc) is 3.23. The van der Waals surface area contributed by atoms with Crippen LogP contribution in [0.3, 0.4) is 0 Å². The summed E-state index contributed by atoms with van der Waals surface area (Å²) in [4.78, 5) is 30.1. The summed E-state index contributed by atoms with van der Waals surface area (Å²) in [7, 11) is 0. The van der Waals surface area contributed by atoms with Crippen molar-refractivity contribution in [1.82, 2.24) is 9.80 Å². The van der Waals surface area contributed by atoms with Gasteiger partial charge >= 0.3 is 0 Å². The van der Waals surface area contributed by atoms with E-state index in [0.29, 0.717) is 11.1 Å². The number of aryl methyl sites for hydroxylation is 4. The third kappa shape index (κ3) is 2.43. The Morgan fingerprint density at radius 1 is 0.594 bits per heavy atom. The zero-order valence-corrected chi connectivity index (χ0v) is 18.5. The van der Waals surface area contributed by atoms with E-state index < -0.39 is 0 Å². The number of hydrogen-bond donors (Lipinski definition) is 0. The van der Waals surface area contributed by atoms with E-state index in [1.54, 1.807) is 9.80 Å². The number of hydrogen-bond acceptors (Lipinski definition) is 2. The third-order valence-electron chi connectivity index (χ3n) is 6.61. The van der Waals surface area contributed by atoms with Gasteiger partial charge in [-0.3, -0.25) is 19.4 Å². The van der Waals surface area contributed by atoms with Crippen molar-refractivity contribution in [3.63, 3.8) is 0 Å². The Morgan fingerprint density at radius 3 is 1.41 bits per heavy atom. The molecule has 4 heteroatoms. The number of nitrogens with zero attached hydrogens (tertiary/aromatic N) is 2. The van der Waals surface area contributed by atoms with Gasteiger partial charge in [0, 0.05) is 23.5 Å². The molecular formula is C28H22N2O2. The van der Waals surface area contributed by atoms with Gasteiger partial charge in [-0.1, -0.05) is 35.4 Å². The molecule has 0 bridgehead atoms. The maximum Gasteiger partial charge on any atom is 0.263 e. The second-order valence-electron chi connectivity index (χ2n) is 8.96.